The quantitative estimate of drug-likeness (QED) is 0.565. The van der Waals surface area contributed by atoms with Gasteiger partial charge < -0.3 is 15.3 Å². The van der Waals surface area contributed by atoms with E-state index in [4.69, 9.17) is 5.11 Å². The van der Waals surface area contributed by atoms with Crippen LogP contribution < -0.4 is 5.32 Å². The van der Waals surface area contributed by atoms with Crippen LogP contribution in [0.2, 0.25) is 0 Å². The highest BCUT2D eigenvalue weighted by atomic mass is 79.9. The summed E-state index contributed by atoms with van der Waals surface area (Å²) in [6, 6.07) is 4.52. The van der Waals surface area contributed by atoms with Gasteiger partial charge in [0.15, 0.2) is 10.0 Å². The molecule has 144 valence electrons. The molecule has 1 aliphatic heterocycles. The van der Waals surface area contributed by atoms with Gasteiger partial charge in [-0.3, -0.25) is 4.79 Å². The zero-order valence-corrected chi connectivity index (χ0v) is 17.4. The molecular weight excluding hydrogens is 457 g/mol. The Morgan fingerprint density at radius 2 is 2.33 bits per heavy atom. The van der Waals surface area contributed by atoms with E-state index in [0.29, 0.717) is 34.1 Å². The standard InChI is InChI=1S/C17H17BrFN3O3S2/c18-12-7-10(19)1-3-13(12)20-8-11-2-4-15(23)22(11)5-6-26-17-21-14(9-27-17)16(24)25/h1,3,7,9,11,20H,2,4-6,8H2,(H,24,25)/t11-/m1/s1. The van der Waals surface area contributed by atoms with E-state index in [-0.39, 0.29) is 23.5 Å². The van der Waals surface area contributed by atoms with Crippen LogP contribution in [-0.4, -0.2) is 51.8 Å². The Hall–Kier alpha value is -1.65. The van der Waals surface area contributed by atoms with Gasteiger partial charge in [0.05, 0.1) is 0 Å². The van der Waals surface area contributed by atoms with E-state index in [1.807, 2.05) is 4.90 Å². The SMILES string of the molecule is O=C(O)c1csc(SCCN2C(=O)CC[C@@H]2CNc2ccc(F)cc2Br)n1. The molecule has 2 heterocycles. The number of carbonyl (C=O) groups excluding carboxylic acids is 1. The van der Waals surface area contributed by atoms with Gasteiger partial charge in [0.2, 0.25) is 5.91 Å². The summed E-state index contributed by atoms with van der Waals surface area (Å²) in [5, 5.41) is 13.7. The number of amides is 1. The van der Waals surface area contributed by atoms with Gasteiger partial charge in [-0.2, -0.15) is 0 Å². The minimum absolute atomic E-state index is 0.0479. The summed E-state index contributed by atoms with van der Waals surface area (Å²) in [6.07, 6.45) is 1.29. The Balaban J connectivity index is 1.52. The number of nitrogens with one attached hydrogen (secondary N) is 1. The van der Waals surface area contributed by atoms with Gasteiger partial charge in [-0.05, 0) is 40.5 Å². The molecule has 6 nitrogen and oxygen atoms in total. The molecule has 1 saturated heterocycles. The normalized spacial score (nSPS) is 16.7. The highest BCUT2D eigenvalue weighted by molar-refractivity contribution is 9.10. The lowest BCUT2D eigenvalue weighted by molar-refractivity contribution is -0.128. The van der Waals surface area contributed by atoms with Crippen LogP contribution in [0.15, 0.2) is 32.4 Å². The third kappa shape index (κ3) is 5.20. The fourth-order valence-electron chi connectivity index (χ4n) is 2.83. The summed E-state index contributed by atoms with van der Waals surface area (Å²) in [4.78, 5) is 28.9. The number of hydrogen-bond donors (Lipinski definition) is 2. The van der Waals surface area contributed by atoms with Crippen molar-refractivity contribution in [2.45, 2.75) is 23.2 Å². The monoisotopic (exact) mass is 473 g/mol. The molecule has 1 aromatic heterocycles. The van der Waals surface area contributed by atoms with Crippen LogP contribution in [0.4, 0.5) is 10.1 Å². The second-order valence-electron chi connectivity index (χ2n) is 5.94. The zero-order valence-electron chi connectivity index (χ0n) is 14.2. The molecule has 0 bridgehead atoms. The Bertz CT molecular complexity index is 849. The van der Waals surface area contributed by atoms with E-state index in [0.717, 1.165) is 12.1 Å². The van der Waals surface area contributed by atoms with Gasteiger partial charge in [0, 0.05) is 46.8 Å². The first-order valence-electron chi connectivity index (χ1n) is 8.24. The van der Waals surface area contributed by atoms with E-state index < -0.39 is 5.97 Å². The van der Waals surface area contributed by atoms with E-state index in [1.54, 1.807) is 6.07 Å². The zero-order chi connectivity index (χ0) is 19.4. The van der Waals surface area contributed by atoms with E-state index in [2.05, 4.69) is 26.2 Å². The number of likely N-dealkylation sites (tertiary alicyclic amines) is 1. The van der Waals surface area contributed by atoms with Gasteiger partial charge in [-0.15, -0.1) is 11.3 Å². The summed E-state index contributed by atoms with van der Waals surface area (Å²) in [5.41, 5.74) is 0.834. The summed E-state index contributed by atoms with van der Waals surface area (Å²) < 4.78 is 14.5. The van der Waals surface area contributed by atoms with Crippen molar-refractivity contribution in [1.82, 2.24) is 9.88 Å². The maximum atomic E-state index is 13.2. The summed E-state index contributed by atoms with van der Waals surface area (Å²) in [6.45, 7) is 1.16. The minimum atomic E-state index is -1.04. The molecule has 0 saturated carbocycles. The molecule has 10 heteroatoms. The number of nitrogens with zero attached hydrogens (tertiary/aromatic N) is 2. The molecule has 27 heavy (non-hydrogen) atoms. The average Bonchev–Trinajstić information content (AvgIpc) is 3.22. The van der Waals surface area contributed by atoms with Crippen LogP contribution in [0.1, 0.15) is 23.3 Å². The van der Waals surface area contributed by atoms with Crippen molar-refractivity contribution in [2.24, 2.45) is 0 Å². The van der Waals surface area contributed by atoms with Crippen molar-refractivity contribution in [1.29, 1.82) is 0 Å². The van der Waals surface area contributed by atoms with Gasteiger partial charge in [0.1, 0.15) is 5.82 Å². The lowest BCUT2D eigenvalue weighted by atomic mass is 10.2. The third-order valence-corrected chi connectivity index (χ3v) is 6.83. The first kappa shape index (κ1) is 20.1. The van der Waals surface area contributed by atoms with Crippen molar-refractivity contribution in [3.63, 3.8) is 0 Å². The molecule has 0 aliphatic carbocycles. The number of halogens is 2. The molecule has 1 aromatic carbocycles. The maximum absolute atomic E-state index is 13.2. The summed E-state index contributed by atoms with van der Waals surface area (Å²) in [7, 11) is 0. The molecule has 0 spiro atoms. The van der Waals surface area contributed by atoms with Crippen LogP contribution in [0.5, 0.6) is 0 Å². The number of benzene rings is 1. The molecule has 1 amide bonds. The molecule has 1 fully saturated rings. The molecule has 1 atom stereocenters. The summed E-state index contributed by atoms with van der Waals surface area (Å²) in [5.74, 6) is -0.582. The van der Waals surface area contributed by atoms with Crippen molar-refractivity contribution in [2.75, 3.05) is 24.2 Å². The number of aromatic carboxylic acids is 1. The second kappa shape index (κ2) is 9.03. The topological polar surface area (TPSA) is 82.5 Å². The Kier molecular flexibility index (Phi) is 6.72. The highest BCUT2D eigenvalue weighted by Gasteiger charge is 2.30. The number of thioether (sulfide) groups is 1. The number of carboxylic acids is 1. The van der Waals surface area contributed by atoms with E-state index in [9.17, 15) is 14.0 Å². The van der Waals surface area contributed by atoms with Crippen LogP contribution in [-0.2, 0) is 4.79 Å². The van der Waals surface area contributed by atoms with E-state index in [1.165, 1.54) is 40.6 Å². The number of carboxylic acid groups (broad SMARTS) is 1. The fraction of sp³-hybridized carbons (Fsp3) is 0.353. The van der Waals surface area contributed by atoms with Gasteiger partial charge in [0.25, 0.3) is 0 Å². The summed E-state index contributed by atoms with van der Waals surface area (Å²) >= 11 is 6.07. The largest absolute Gasteiger partial charge is 0.476 e. The average molecular weight is 474 g/mol. The Labute approximate surface area is 172 Å². The van der Waals surface area contributed by atoms with Gasteiger partial charge >= 0.3 is 5.97 Å². The first-order chi connectivity index (χ1) is 12.9. The molecule has 0 unspecified atom stereocenters. The molecule has 3 rings (SSSR count). The number of thiazole rings is 1. The second-order valence-corrected chi connectivity index (χ2v) is 8.99. The van der Waals surface area contributed by atoms with Crippen molar-refractivity contribution >= 4 is 56.6 Å². The third-order valence-electron chi connectivity index (χ3n) is 4.17. The van der Waals surface area contributed by atoms with Gasteiger partial charge in [-0.25, -0.2) is 14.2 Å². The highest BCUT2D eigenvalue weighted by Crippen LogP contribution is 2.27. The minimum Gasteiger partial charge on any atom is -0.476 e. The predicted molar refractivity (Wildman–Crippen MR) is 107 cm³/mol. The Morgan fingerprint density at radius 1 is 1.52 bits per heavy atom. The number of rotatable bonds is 8. The number of carbonyl (C=O) groups is 2. The van der Waals surface area contributed by atoms with Crippen molar-refractivity contribution in [3.05, 3.63) is 39.6 Å². The fourth-order valence-corrected chi connectivity index (χ4v) is 5.13. The van der Waals surface area contributed by atoms with Crippen LogP contribution >= 0.6 is 39.0 Å². The lowest BCUT2D eigenvalue weighted by Gasteiger charge is -2.25. The maximum Gasteiger partial charge on any atom is 0.355 e. The predicted octanol–water partition coefficient (Wildman–Crippen LogP) is 3.94. The number of anilines is 1. The molecule has 1 aliphatic rings. The Morgan fingerprint density at radius 3 is 3.04 bits per heavy atom. The van der Waals surface area contributed by atoms with Crippen LogP contribution in [0, 0.1) is 5.82 Å². The number of aromatic nitrogens is 1. The number of hydrogen-bond acceptors (Lipinski definition) is 6. The van der Waals surface area contributed by atoms with Crippen molar-refractivity contribution in [3.8, 4) is 0 Å². The molecular formula is C17H17BrFN3O3S2. The lowest BCUT2D eigenvalue weighted by Crippen LogP contribution is -2.39. The molecule has 2 N–H and O–H groups in total. The van der Waals surface area contributed by atoms with Crippen LogP contribution in [0.3, 0.4) is 0 Å². The van der Waals surface area contributed by atoms with Crippen LogP contribution in [0.25, 0.3) is 0 Å². The van der Waals surface area contributed by atoms with Gasteiger partial charge in [-0.1, -0.05) is 11.8 Å². The van der Waals surface area contributed by atoms with Crippen molar-refractivity contribution < 1.29 is 19.1 Å². The molecule has 0 radical (unpaired) electrons. The smallest absolute Gasteiger partial charge is 0.355 e. The molecule has 2 aromatic rings. The van der Waals surface area contributed by atoms with E-state index >= 15 is 0 Å². The first-order valence-corrected chi connectivity index (χ1v) is 10.9.